The van der Waals surface area contributed by atoms with Crippen LogP contribution in [0.5, 0.6) is 0 Å². The van der Waals surface area contributed by atoms with Gasteiger partial charge in [0.05, 0.1) is 0 Å². The number of H-pyrrole nitrogens is 2. The van der Waals surface area contributed by atoms with Gasteiger partial charge in [-0.1, -0.05) is 36.4 Å². The summed E-state index contributed by atoms with van der Waals surface area (Å²) in [7, 11) is 0. The number of aryl methyl sites for hydroxylation is 1. The highest BCUT2D eigenvalue weighted by Crippen LogP contribution is 2.14. The molecule has 0 atom stereocenters. The van der Waals surface area contributed by atoms with Crippen LogP contribution in [0.1, 0.15) is 11.3 Å². The SMILES string of the molecule is Cc1cc(-c2n[nH]c(=S)n2N=C/C=C/c2ccccc2)n[nH]1. The molecule has 0 bridgehead atoms. The molecule has 1 aromatic carbocycles. The van der Waals surface area contributed by atoms with Crippen LogP contribution in [0, 0.1) is 11.7 Å². The van der Waals surface area contributed by atoms with Crippen molar-refractivity contribution in [2.45, 2.75) is 6.92 Å². The van der Waals surface area contributed by atoms with E-state index < -0.39 is 0 Å². The highest BCUT2D eigenvalue weighted by Gasteiger charge is 2.10. The number of aromatic nitrogens is 5. The van der Waals surface area contributed by atoms with E-state index in [4.69, 9.17) is 12.2 Å². The molecule has 3 aromatic rings. The Morgan fingerprint density at radius 3 is 2.73 bits per heavy atom. The molecule has 0 aliphatic rings. The topological polar surface area (TPSA) is 74.7 Å². The highest BCUT2D eigenvalue weighted by atomic mass is 32.1. The van der Waals surface area contributed by atoms with Gasteiger partial charge in [-0.25, -0.2) is 5.10 Å². The minimum Gasteiger partial charge on any atom is -0.282 e. The molecule has 0 saturated carbocycles. The smallest absolute Gasteiger partial charge is 0.216 e. The number of hydrogen-bond donors (Lipinski definition) is 2. The second-order valence-electron chi connectivity index (χ2n) is 4.63. The van der Waals surface area contributed by atoms with E-state index >= 15 is 0 Å². The fraction of sp³-hybridized carbons (Fsp3) is 0.0667. The third kappa shape index (κ3) is 3.09. The number of rotatable bonds is 4. The Kier molecular flexibility index (Phi) is 4.06. The molecule has 2 heterocycles. The number of allylic oxidation sites excluding steroid dienone is 1. The van der Waals surface area contributed by atoms with E-state index in [-0.39, 0.29) is 0 Å². The Morgan fingerprint density at radius 2 is 2.00 bits per heavy atom. The van der Waals surface area contributed by atoms with E-state index in [9.17, 15) is 0 Å². The summed E-state index contributed by atoms with van der Waals surface area (Å²) in [5.41, 5.74) is 2.74. The number of nitrogens with zero attached hydrogens (tertiary/aromatic N) is 4. The van der Waals surface area contributed by atoms with Crippen molar-refractivity contribution in [2.75, 3.05) is 0 Å². The van der Waals surface area contributed by atoms with E-state index in [1.807, 2.05) is 55.5 Å². The molecule has 110 valence electrons. The van der Waals surface area contributed by atoms with Crippen LogP contribution in [0.3, 0.4) is 0 Å². The Hall–Kier alpha value is -2.80. The normalized spacial score (nSPS) is 11.7. The Labute approximate surface area is 132 Å². The quantitative estimate of drug-likeness (QED) is 0.574. The minimum atomic E-state index is 0.417. The molecule has 0 amide bonds. The van der Waals surface area contributed by atoms with Gasteiger partial charge in [0.25, 0.3) is 0 Å². The fourth-order valence-electron chi connectivity index (χ4n) is 1.92. The Morgan fingerprint density at radius 1 is 1.18 bits per heavy atom. The monoisotopic (exact) mass is 310 g/mol. The van der Waals surface area contributed by atoms with Crippen molar-refractivity contribution in [1.29, 1.82) is 0 Å². The van der Waals surface area contributed by atoms with Crippen molar-refractivity contribution >= 4 is 24.5 Å². The summed E-state index contributed by atoms with van der Waals surface area (Å²) >= 11 is 5.19. The van der Waals surface area contributed by atoms with Crippen molar-refractivity contribution in [2.24, 2.45) is 5.10 Å². The van der Waals surface area contributed by atoms with Crippen LogP contribution in [-0.4, -0.2) is 31.3 Å². The fourth-order valence-corrected chi connectivity index (χ4v) is 2.10. The van der Waals surface area contributed by atoms with Gasteiger partial charge in [-0.15, -0.1) is 0 Å². The first-order valence-electron chi connectivity index (χ1n) is 6.70. The van der Waals surface area contributed by atoms with Crippen LogP contribution in [0.25, 0.3) is 17.6 Å². The van der Waals surface area contributed by atoms with E-state index in [1.165, 1.54) is 0 Å². The van der Waals surface area contributed by atoms with E-state index in [1.54, 1.807) is 10.9 Å². The molecule has 0 aliphatic heterocycles. The lowest BCUT2D eigenvalue weighted by molar-refractivity contribution is 0.866. The number of aromatic amines is 2. The van der Waals surface area contributed by atoms with Crippen LogP contribution in [0.4, 0.5) is 0 Å². The second kappa shape index (κ2) is 6.31. The third-order valence-electron chi connectivity index (χ3n) is 2.94. The first kappa shape index (κ1) is 14.2. The van der Waals surface area contributed by atoms with Crippen molar-refractivity contribution < 1.29 is 0 Å². The Bertz CT molecular complexity index is 869. The van der Waals surface area contributed by atoms with Crippen LogP contribution in [0.2, 0.25) is 0 Å². The predicted octanol–water partition coefficient (Wildman–Crippen LogP) is 3.19. The molecule has 22 heavy (non-hydrogen) atoms. The first-order chi connectivity index (χ1) is 10.7. The molecule has 0 saturated heterocycles. The van der Waals surface area contributed by atoms with Gasteiger partial charge in [0.15, 0.2) is 0 Å². The van der Waals surface area contributed by atoms with Gasteiger partial charge in [-0.2, -0.15) is 20.0 Å². The molecule has 7 heteroatoms. The van der Waals surface area contributed by atoms with Crippen LogP contribution >= 0.6 is 12.2 Å². The summed E-state index contributed by atoms with van der Waals surface area (Å²) < 4.78 is 1.96. The van der Waals surface area contributed by atoms with Gasteiger partial charge in [-0.3, -0.25) is 5.10 Å². The van der Waals surface area contributed by atoms with Gasteiger partial charge in [-0.05, 0) is 36.8 Å². The van der Waals surface area contributed by atoms with Gasteiger partial charge in [0.2, 0.25) is 10.6 Å². The lowest BCUT2D eigenvalue weighted by atomic mass is 10.2. The van der Waals surface area contributed by atoms with Gasteiger partial charge in [0, 0.05) is 11.9 Å². The summed E-state index contributed by atoms with van der Waals surface area (Å²) in [5, 5.41) is 18.3. The van der Waals surface area contributed by atoms with Crippen molar-refractivity contribution in [1.82, 2.24) is 25.1 Å². The van der Waals surface area contributed by atoms with Crippen LogP contribution in [0.15, 0.2) is 47.6 Å². The molecule has 3 rings (SSSR count). The number of benzene rings is 1. The van der Waals surface area contributed by atoms with Gasteiger partial charge in [0.1, 0.15) is 5.69 Å². The summed E-state index contributed by atoms with van der Waals surface area (Å²) in [6, 6.07) is 11.9. The van der Waals surface area contributed by atoms with E-state index in [0.29, 0.717) is 16.3 Å². The summed E-state index contributed by atoms with van der Waals surface area (Å²) in [5.74, 6) is 0.568. The largest absolute Gasteiger partial charge is 0.282 e. The summed E-state index contributed by atoms with van der Waals surface area (Å²) in [6.07, 6.45) is 5.48. The average molecular weight is 310 g/mol. The van der Waals surface area contributed by atoms with Crippen molar-refractivity contribution in [3.8, 4) is 11.5 Å². The zero-order valence-corrected chi connectivity index (χ0v) is 12.7. The Balaban J connectivity index is 1.84. The first-order valence-corrected chi connectivity index (χ1v) is 7.11. The molecular formula is C15H14N6S. The zero-order valence-electron chi connectivity index (χ0n) is 11.9. The second-order valence-corrected chi connectivity index (χ2v) is 5.02. The number of hydrogen-bond acceptors (Lipinski definition) is 4. The average Bonchev–Trinajstić information content (AvgIpc) is 3.11. The molecule has 0 fully saturated rings. The third-order valence-corrected chi connectivity index (χ3v) is 3.21. The lowest BCUT2D eigenvalue weighted by Crippen LogP contribution is -1.93. The summed E-state index contributed by atoms with van der Waals surface area (Å²) in [4.78, 5) is 0. The van der Waals surface area contributed by atoms with E-state index in [2.05, 4.69) is 25.5 Å². The van der Waals surface area contributed by atoms with Crippen LogP contribution < -0.4 is 0 Å². The molecule has 0 aliphatic carbocycles. The molecule has 0 radical (unpaired) electrons. The van der Waals surface area contributed by atoms with Gasteiger partial charge < -0.3 is 0 Å². The molecule has 0 unspecified atom stereocenters. The zero-order chi connectivity index (χ0) is 15.4. The maximum atomic E-state index is 5.19. The summed E-state index contributed by atoms with van der Waals surface area (Å²) in [6.45, 7) is 1.92. The van der Waals surface area contributed by atoms with Gasteiger partial charge >= 0.3 is 0 Å². The molecule has 2 aromatic heterocycles. The lowest BCUT2D eigenvalue weighted by Gasteiger charge is -1.95. The molecular weight excluding hydrogens is 296 g/mol. The molecule has 6 nitrogen and oxygen atoms in total. The van der Waals surface area contributed by atoms with E-state index in [0.717, 1.165) is 11.3 Å². The van der Waals surface area contributed by atoms with Crippen molar-refractivity contribution in [3.05, 3.63) is 58.5 Å². The van der Waals surface area contributed by atoms with Crippen LogP contribution in [-0.2, 0) is 0 Å². The number of nitrogens with one attached hydrogen (secondary N) is 2. The predicted molar refractivity (Wildman–Crippen MR) is 89.1 cm³/mol. The minimum absolute atomic E-state index is 0.417. The molecule has 2 N–H and O–H groups in total. The molecule has 0 spiro atoms. The maximum Gasteiger partial charge on any atom is 0.216 e. The highest BCUT2D eigenvalue weighted by molar-refractivity contribution is 7.71. The standard InChI is InChI=1S/C15H14N6S/c1-11-10-13(18-17-11)14-19-20-15(22)21(14)16-9-5-8-12-6-3-2-4-7-12/h2-10H,1H3,(H,17,18)(H,20,22)/b8-5+,16-9?. The maximum absolute atomic E-state index is 5.19. The van der Waals surface area contributed by atoms with Crippen molar-refractivity contribution in [3.63, 3.8) is 0 Å².